The van der Waals surface area contributed by atoms with E-state index in [1.807, 2.05) is 0 Å². The Balaban J connectivity index is 1.28. The molecule has 2 fully saturated rings. The van der Waals surface area contributed by atoms with E-state index in [-0.39, 0.29) is 34.1 Å². The highest BCUT2D eigenvalue weighted by Gasteiger charge is 2.56. The first-order chi connectivity index (χ1) is 19.9. The summed E-state index contributed by atoms with van der Waals surface area (Å²) in [4.78, 5) is 46.1. The molecule has 0 aromatic carbocycles. The minimum Gasteiger partial charge on any atom is -0.394 e. The molecule has 9 N–H and O–H groups in total. The number of aliphatic hydroxyl groups is 3. The average Bonchev–Trinajstić information content (AvgIpc) is 3.69. The van der Waals surface area contributed by atoms with E-state index in [4.69, 9.17) is 37.3 Å². The minimum absolute atomic E-state index is 0.0727. The normalized spacial score (nSPS) is 33.0. The van der Waals surface area contributed by atoms with E-state index < -0.39 is 73.5 Å². The number of alkyl halides is 1. The van der Waals surface area contributed by atoms with Crippen LogP contribution < -0.4 is 17.0 Å². The van der Waals surface area contributed by atoms with Gasteiger partial charge >= 0.3 is 0 Å². The molecule has 9 atom stereocenters. The number of hydrogen-bond acceptors (Lipinski definition) is 15. The molecule has 0 spiro atoms. The van der Waals surface area contributed by atoms with Crippen molar-refractivity contribution >= 4 is 52.4 Å². The number of anilines is 2. The van der Waals surface area contributed by atoms with Gasteiger partial charge in [-0.3, -0.25) is 18.9 Å². The van der Waals surface area contributed by atoms with Crippen molar-refractivity contribution in [2.45, 2.75) is 55.1 Å². The molecule has 0 amide bonds. The summed E-state index contributed by atoms with van der Waals surface area (Å²) in [6, 6.07) is 0. The quantitative estimate of drug-likeness (QED) is 0.110. The smallest absolute Gasteiger partial charge is 0.280 e. The van der Waals surface area contributed by atoms with Crippen LogP contribution in [0, 0.1) is 0 Å². The third-order valence-electron chi connectivity index (χ3n) is 7.40. The Labute approximate surface area is 239 Å². The van der Waals surface area contributed by atoms with Gasteiger partial charge in [0.2, 0.25) is 5.95 Å². The maximum Gasteiger partial charge on any atom is 0.280 e. The van der Waals surface area contributed by atoms with E-state index in [1.165, 1.54) is 28.7 Å². The Bertz CT molecular complexity index is 1770. The number of aliphatic hydroxyl groups excluding tert-OH is 3. The molecule has 0 radical (unpaired) electrons. The van der Waals surface area contributed by atoms with E-state index >= 15 is 4.39 Å². The molecule has 6 heterocycles. The minimum atomic E-state index is -4.21. The van der Waals surface area contributed by atoms with Crippen LogP contribution in [0.1, 0.15) is 19.4 Å². The molecular weight excluding hydrogens is 602 g/mol. The van der Waals surface area contributed by atoms with Gasteiger partial charge in [-0.2, -0.15) is 4.98 Å². The number of nitrogen functional groups attached to an aromatic ring is 2. The zero-order valence-electron chi connectivity index (χ0n) is 21.6. The van der Waals surface area contributed by atoms with Crippen LogP contribution in [0.2, 0.25) is 0 Å². The fraction of sp³-hybridized carbons (Fsp3) is 0.524. The fourth-order valence-electron chi connectivity index (χ4n) is 5.19. The van der Waals surface area contributed by atoms with E-state index in [9.17, 15) is 25.0 Å². The molecule has 21 heteroatoms. The zero-order chi connectivity index (χ0) is 30.1. The zero-order valence-corrected chi connectivity index (χ0v) is 23.3. The number of imidazole rings is 2. The van der Waals surface area contributed by atoms with Crippen molar-refractivity contribution in [3.8, 4) is 0 Å². The van der Waals surface area contributed by atoms with Gasteiger partial charge in [-0.05, 0) is 18.7 Å². The predicted molar refractivity (Wildman–Crippen MR) is 145 cm³/mol. The molecule has 2 aliphatic rings. The fourth-order valence-corrected chi connectivity index (χ4v) is 7.71. The van der Waals surface area contributed by atoms with Crippen molar-refractivity contribution in [1.82, 2.24) is 39.0 Å². The molecule has 6 rings (SSSR count). The van der Waals surface area contributed by atoms with Crippen molar-refractivity contribution in [2.75, 3.05) is 24.7 Å². The van der Waals surface area contributed by atoms with Crippen molar-refractivity contribution < 1.29 is 38.6 Å². The molecule has 1 unspecified atom stereocenters. The second-order valence-corrected chi connectivity index (χ2v) is 13.7. The van der Waals surface area contributed by atoms with Gasteiger partial charge in [0.15, 0.2) is 41.6 Å². The molecule has 18 nitrogen and oxygen atoms in total. The summed E-state index contributed by atoms with van der Waals surface area (Å²) in [6.45, 7) is -4.15. The van der Waals surface area contributed by atoms with E-state index in [1.54, 1.807) is 0 Å². The van der Waals surface area contributed by atoms with Crippen molar-refractivity contribution in [1.29, 1.82) is 0 Å². The number of H-pyrrole nitrogens is 1. The molecule has 4 aromatic heterocycles. The number of aromatic amines is 1. The highest BCUT2D eigenvalue weighted by molar-refractivity contribution is 8.09. The molecular formula is C21H26FN10O8PS. The van der Waals surface area contributed by atoms with Crippen LogP contribution in [-0.4, -0.2) is 108 Å². The van der Waals surface area contributed by atoms with E-state index in [0.29, 0.717) is 0 Å². The van der Waals surface area contributed by atoms with Gasteiger partial charge < -0.3 is 45.7 Å². The standard InChI is InChI=1S/C21H26FN10O8PS/c1-21(13(35)11(34)18(40-21)31-5-27-9-14(23)25-4-26-15(9)31)3-38-41(37,42)12-8(22)7(2-33)39-19(12)32-6-28-10-16(32)29-20(24)30-17(10)36/h4-8,11-13,18-19,33-35H,2-3H2,1H3,(H,37,42)(H2,23,25,26)(H3,24,29,30,36)/t7-,8-,11-,12-,13+,18-,19-,21-,41?/m1/s1. The molecule has 2 aliphatic heterocycles. The lowest BCUT2D eigenvalue weighted by Crippen LogP contribution is -2.44. The Morgan fingerprint density at radius 1 is 1.17 bits per heavy atom. The van der Waals surface area contributed by atoms with Crippen molar-refractivity contribution in [3.63, 3.8) is 0 Å². The first-order valence-electron chi connectivity index (χ1n) is 12.4. The summed E-state index contributed by atoms with van der Waals surface area (Å²) in [5, 5.41) is 31.5. The molecule has 0 saturated carbocycles. The lowest BCUT2D eigenvalue weighted by Gasteiger charge is -2.33. The number of aromatic nitrogens is 8. The third-order valence-corrected chi connectivity index (χ3v) is 10.2. The number of nitrogens with two attached hydrogens (primary N) is 2. The first-order valence-corrected chi connectivity index (χ1v) is 15.2. The van der Waals surface area contributed by atoms with Gasteiger partial charge in [-0.25, -0.2) is 24.3 Å². The SMILES string of the molecule is C[C@]1(COP(O)(=S)[C@@H]2[C@H](F)[C@@H](CO)O[C@H]2n2cnc3c(=O)[nH]c(N)nc32)O[C@@H](n2cnc3c(N)ncnc32)[C@H](O)[C@@H]1O. The van der Waals surface area contributed by atoms with Crippen LogP contribution >= 0.6 is 6.49 Å². The number of rotatable bonds is 7. The van der Waals surface area contributed by atoms with Crippen LogP contribution in [0.25, 0.3) is 22.3 Å². The van der Waals surface area contributed by atoms with Crippen LogP contribution in [0.4, 0.5) is 16.2 Å². The molecule has 2 saturated heterocycles. The van der Waals surface area contributed by atoms with Gasteiger partial charge in [0.1, 0.15) is 47.6 Å². The third kappa shape index (κ3) is 4.46. The lowest BCUT2D eigenvalue weighted by atomic mass is 9.99. The van der Waals surface area contributed by atoms with Crippen molar-refractivity contribution in [2.24, 2.45) is 0 Å². The lowest BCUT2D eigenvalue weighted by molar-refractivity contribution is -0.111. The van der Waals surface area contributed by atoms with Crippen LogP contribution in [-0.2, 0) is 25.8 Å². The Hall–Kier alpha value is -3.20. The Kier molecular flexibility index (Phi) is 7.03. The van der Waals surface area contributed by atoms with Crippen LogP contribution in [0.15, 0.2) is 23.8 Å². The van der Waals surface area contributed by atoms with Gasteiger partial charge in [-0.1, -0.05) is 0 Å². The maximum atomic E-state index is 15.6. The van der Waals surface area contributed by atoms with E-state index in [2.05, 4.69) is 29.9 Å². The number of nitrogens with one attached hydrogen (secondary N) is 1. The topological polar surface area (TPSA) is 268 Å². The Morgan fingerprint density at radius 3 is 2.57 bits per heavy atom. The second-order valence-electron chi connectivity index (χ2n) is 10.1. The number of fused-ring (bicyclic) bond motifs is 2. The summed E-state index contributed by atoms with van der Waals surface area (Å²) >= 11 is 5.40. The maximum absolute atomic E-state index is 15.6. The summed E-state index contributed by atoms with van der Waals surface area (Å²) in [5.41, 5.74) is 7.89. The summed E-state index contributed by atoms with van der Waals surface area (Å²) in [5.74, 6) is -0.144. The second kappa shape index (κ2) is 10.2. The van der Waals surface area contributed by atoms with Crippen LogP contribution in [0.5, 0.6) is 0 Å². The summed E-state index contributed by atoms with van der Waals surface area (Å²) in [7, 11) is 0. The predicted octanol–water partition coefficient (Wildman–Crippen LogP) is -1.95. The molecule has 42 heavy (non-hydrogen) atoms. The number of hydrogen-bond donors (Lipinski definition) is 7. The molecule has 4 aromatic rings. The van der Waals surface area contributed by atoms with E-state index in [0.717, 1.165) is 6.33 Å². The average molecular weight is 629 g/mol. The van der Waals surface area contributed by atoms with Gasteiger partial charge in [0, 0.05) is 0 Å². The number of halogens is 1. The molecule has 0 aliphatic carbocycles. The summed E-state index contributed by atoms with van der Waals surface area (Å²) < 4.78 is 35.6. The summed E-state index contributed by atoms with van der Waals surface area (Å²) in [6.07, 6.45) is -5.45. The largest absolute Gasteiger partial charge is 0.394 e. The highest BCUT2D eigenvalue weighted by Crippen LogP contribution is 2.59. The van der Waals surface area contributed by atoms with Gasteiger partial charge in [-0.15, -0.1) is 0 Å². The number of nitrogens with zero attached hydrogens (tertiary/aromatic N) is 7. The highest BCUT2D eigenvalue weighted by atomic mass is 32.5. The first kappa shape index (κ1) is 28.9. The van der Waals surface area contributed by atoms with Crippen LogP contribution in [0.3, 0.4) is 0 Å². The molecule has 0 bridgehead atoms. The number of ether oxygens (including phenoxy) is 2. The van der Waals surface area contributed by atoms with Gasteiger partial charge in [0.05, 0.1) is 25.9 Å². The van der Waals surface area contributed by atoms with Gasteiger partial charge in [0.25, 0.3) is 5.56 Å². The molecule has 226 valence electrons. The Morgan fingerprint density at radius 2 is 1.86 bits per heavy atom. The monoisotopic (exact) mass is 628 g/mol. The van der Waals surface area contributed by atoms with Crippen molar-refractivity contribution in [3.05, 3.63) is 29.3 Å².